The maximum absolute atomic E-state index is 11.9. The van der Waals surface area contributed by atoms with Gasteiger partial charge in [0.05, 0.1) is 24.1 Å². The lowest BCUT2D eigenvalue weighted by Crippen LogP contribution is -2.36. The molecule has 0 saturated carbocycles. The average Bonchev–Trinajstić information content (AvgIpc) is 3.20. The molecule has 2 amide bonds. The van der Waals surface area contributed by atoms with Gasteiger partial charge >= 0.3 is 0 Å². The molecule has 2 heterocycles. The fraction of sp³-hybridized carbons (Fsp3) is 0.375. The average molecular weight is 319 g/mol. The summed E-state index contributed by atoms with van der Waals surface area (Å²) in [6, 6.07) is 5.23. The highest BCUT2D eigenvalue weighted by Crippen LogP contribution is 2.17. The summed E-state index contributed by atoms with van der Waals surface area (Å²) in [5.74, 6) is 0.410. The van der Waals surface area contributed by atoms with E-state index in [1.807, 2.05) is 31.1 Å². The van der Waals surface area contributed by atoms with Crippen molar-refractivity contribution in [3.05, 3.63) is 48.3 Å². The maximum atomic E-state index is 11.9. The molecule has 1 atom stereocenters. The minimum Gasteiger partial charge on any atom is -0.472 e. The molecule has 124 valence electrons. The summed E-state index contributed by atoms with van der Waals surface area (Å²) in [5.41, 5.74) is 0.441. The molecule has 0 spiro atoms. The summed E-state index contributed by atoms with van der Waals surface area (Å²) in [5, 5.41) is 5.52. The molecule has 2 aromatic rings. The first-order chi connectivity index (χ1) is 11.1. The Balaban J connectivity index is 1.71. The van der Waals surface area contributed by atoms with Crippen LogP contribution >= 0.6 is 0 Å². The lowest BCUT2D eigenvalue weighted by atomic mass is 10.2. The van der Waals surface area contributed by atoms with Crippen molar-refractivity contribution in [2.45, 2.75) is 12.5 Å². The van der Waals surface area contributed by atoms with Crippen LogP contribution in [0.25, 0.3) is 0 Å². The first-order valence-electron chi connectivity index (χ1n) is 7.35. The monoisotopic (exact) mass is 319 g/mol. The predicted molar refractivity (Wildman–Crippen MR) is 83.8 cm³/mol. The zero-order valence-corrected chi connectivity index (χ0v) is 13.2. The Morgan fingerprint density at radius 2 is 2.04 bits per heavy atom. The summed E-state index contributed by atoms with van der Waals surface area (Å²) in [6.45, 7) is 0.707. The van der Waals surface area contributed by atoms with E-state index in [0.29, 0.717) is 12.1 Å². The van der Waals surface area contributed by atoms with Crippen LogP contribution in [0.3, 0.4) is 0 Å². The summed E-state index contributed by atoms with van der Waals surface area (Å²) in [7, 11) is 3.84. The summed E-state index contributed by atoms with van der Waals surface area (Å²) in [4.78, 5) is 25.5. The first kappa shape index (κ1) is 16.8. The number of furan rings is 2. The maximum Gasteiger partial charge on any atom is 0.254 e. The topological polar surface area (TPSA) is 87.7 Å². The van der Waals surface area contributed by atoms with Gasteiger partial charge in [0.1, 0.15) is 12.0 Å². The molecule has 0 aromatic carbocycles. The molecule has 0 bridgehead atoms. The highest BCUT2D eigenvalue weighted by Gasteiger charge is 2.17. The number of nitrogens with one attached hydrogen (secondary N) is 2. The highest BCUT2D eigenvalue weighted by atomic mass is 16.3. The van der Waals surface area contributed by atoms with Crippen molar-refractivity contribution in [2.75, 3.05) is 27.2 Å². The predicted octanol–water partition coefficient (Wildman–Crippen LogP) is 1.41. The van der Waals surface area contributed by atoms with Gasteiger partial charge in [0.15, 0.2) is 0 Å². The van der Waals surface area contributed by atoms with Gasteiger partial charge in [0.2, 0.25) is 5.91 Å². The van der Waals surface area contributed by atoms with Gasteiger partial charge in [-0.15, -0.1) is 0 Å². The lowest BCUT2D eigenvalue weighted by molar-refractivity contribution is -0.121. The molecule has 0 radical (unpaired) electrons. The van der Waals surface area contributed by atoms with Crippen LogP contribution in [-0.2, 0) is 4.79 Å². The van der Waals surface area contributed by atoms with Crippen LogP contribution in [0.2, 0.25) is 0 Å². The van der Waals surface area contributed by atoms with Crippen LogP contribution in [0, 0.1) is 0 Å². The first-order valence-corrected chi connectivity index (χ1v) is 7.35. The second-order valence-electron chi connectivity index (χ2n) is 5.32. The van der Waals surface area contributed by atoms with Gasteiger partial charge in [-0.25, -0.2) is 0 Å². The van der Waals surface area contributed by atoms with Crippen molar-refractivity contribution >= 4 is 11.8 Å². The second kappa shape index (κ2) is 8.19. The highest BCUT2D eigenvalue weighted by molar-refractivity contribution is 5.94. The van der Waals surface area contributed by atoms with E-state index in [2.05, 4.69) is 10.6 Å². The minimum atomic E-state index is -0.256. The van der Waals surface area contributed by atoms with Crippen LogP contribution in [0.5, 0.6) is 0 Å². The van der Waals surface area contributed by atoms with Gasteiger partial charge < -0.3 is 19.5 Å². The zero-order chi connectivity index (χ0) is 16.7. The molecular weight excluding hydrogens is 298 g/mol. The van der Waals surface area contributed by atoms with Gasteiger partial charge in [0.25, 0.3) is 5.91 Å². The van der Waals surface area contributed by atoms with E-state index in [0.717, 1.165) is 5.76 Å². The van der Waals surface area contributed by atoms with Crippen molar-refractivity contribution in [2.24, 2.45) is 0 Å². The molecule has 1 unspecified atom stereocenters. The Kier molecular flexibility index (Phi) is 5.99. The SMILES string of the molecule is CN(C)C(CNC(=O)CCNC(=O)c1ccoc1)c1ccco1. The van der Waals surface area contributed by atoms with Crippen molar-refractivity contribution in [1.82, 2.24) is 15.5 Å². The Hall–Kier alpha value is -2.54. The minimum absolute atomic E-state index is 0.0329. The molecule has 2 aromatic heterocycles. The van der Waals surface area contributed by atoms with Crippen molar-refractivity contribution in [1.29, 1.82) is 0 Å². The number of nitrogens with zero attached hydrogens (tertiary/aromatic N) is 1. The molecule has 7 nitrogen and oxygen atoms in total. The number of rotatable bonds is 8. The quantitative estimate of drug-likeness (QED) is 0.768. The molecule has 0 aliphatic rings. The zero-order valence-electron chi connectivity index (χ0n) is 13.2. The van der Waals surface area contributed by atoms with Crippen LogP contribution in [0.1, 0.15) is 28.6 Å². The molecule has 23 heavy (non-hydrogen) atoms. The van der Waals surface area contributed by atoms with Crippen LogP contribution in [0.4, 0.5) is 0 Å². The molecule has 0 fully saturated rings. The standard InChI is InChI=1S/C16H21N3O4/c1-19(2)13(14-4-3-8-23-14)10-18-15(20)5-7-17-16(21)12-6-9-22-11-12/h3-4,6,8-9,11,13H,5,7,10H2,1-2H3,(H,17,21)(H,18,20). The van der Waals surface area contributed by atoms with E-state index in [1.165, 1.54) is 12.5 Å². The Labute approximate surface area is 134 Å². The Bertz CT molecular complexity index is 605. The van der Waals surface area contributed by atoms with Crippen molar-refractivity contribution in [3.8, 4) is 0 Å². The summed E-state index contributed by atoms with van der Waals surface area (Å²) < 4.78 is 10.2. The smallest absolute Gasteiger partial charge is 0.254 e. The van der Waals surface area contributed by atoms with Gasteiger partial charge in [-0.1, -0.05) is 0 Å². The number of carbonyl (C=O) groups is 2. The lowest BCUT2D eigenvalue weighted by Gasteiger charge is -2.22. The molecule has 2 N–H and O–H groups in total. The van der Waals surface area contributed by atoms with E-state index in [1.54, 1.807) is 12.3 Å². The van der Waals surface area contributed by atoms with Gasteiger partial charge in [-0.05, 0) is 32.3 Å². The Morgan fingerprint density at radius 3 is 2.65 bits per heavy atom. The third kappa shape index (κ3) is 5.00. The number of amides is 2. The van der Waals surface area contributed by atoms with Crippen LogP contribution in [0.15, 0.2) is 45.8 Å². The van der Waals surface area contributed by atoms with Gasteiger partial charge in [0, 0.05) is 19.5 Å². The van der Waals surface area contributed by atoms with E-state index in [-0.39, 0.29) is 30.8 Å². The van der Waals surface area contributed by atoms with E-state index < -0.39 is 0 Å². The van der Waals surface area contributed by atoms with E-state index in [9.17, 15) is 9.59 Å². The van der Waals surface area contributed by atoms with Crippen LogP contribution in [-0.4, -0.2) is 43.9 Å². The second-order valence-corrected chi connectivity index (χ2v) is 5.32. The fourth-order valence-electron chi connectivity index (χ4n) is 2.10. The van der Waals surface area contributed by atoms with Crippen molar-refractivity contribution in [3.63, 3.8) is 0 Å². The molecule has 0 aliphatic carbocycles. The number of hydrogen-bond donors (Lipinski definition) is 2. The van der Waals surface area contributed by atoms with Crippen LogP contribution < -0.4 is 10.6 Å². The third-order valence-corrected chi connectivity index (χ3v) is 3.41. The number of carbonyl (C=O) groups excluding carboxylic acids is 2. The molecule has 2 rings (SSSR count). The van der Waals surface area contributed by atoms with Crippen molar-refractivity contribution < 1.29 is 18.4 Å². The molecule has 0 aliphatic heterocycles. The molecular formula is C16H21N3O4. The van der Waals surface area contributed by atoms with E-state index >= 15 is 0 Å². The summed E-state index contributed by atoms with van der Waals surface area (Å²) >= 11 is 0. The molecule has 7 heteroatoms. The largest absolute Gasteiger partial charge is 0.472 e. The Morgan fingerprint density at radius 1 is 1.22 bits per heavy atom. The summed E-state index contributed by atoms with van der Waals surface area (Å²) in [6.07, 6.45) is 4.61. The number of likely N-dealkylation sites (N-methyl/N-ethyl adjacent to an activating group) is 1. The third-order valence-electron chi connectivity index (χ3n) is 3.41. The normalized spacial score (nSPS) is 12.1. The molecule has 0 saturated heterocycles. The van der Waals surface area contributed by atoms with Gasteiger partial charge in [-0.2, -0.15) is 0 Å². The number of hydrogen-bond acceptors (Lipinski definition) is 5. The van der Waals surface area contributed by atoms with E-state index in [4.69, 9.17) is 8.83 Å². The van der Waals surface area contributed by atoms with Gasteiger partial charge in [-0.3, -0.25) is 14.5 Å². The fourth-order valence-corrected chi connectivity index (χ4v) is 2.10.